The fourth-order valence-electron chi connectivity index (χ4n) is 2.35. The fraction of sp³-hybridized carbons (Fsp3) is 0.125. The Morgan fingerprint density at radius 3 is 2.43 bits per heavy atom. The average Bonchev–Trinajstić information content (AvgIpc) is 2.90. The maximum atomic E-state index is 5.95. The van der Waals surface area contributed by atoms with Crippen LogP contribution in [0.3, 0.4) is 0 Å². The summed E-state index contributed by atoms with van der Waals surface area (Å²) in [5.41, 5.74) is 2.17. The lowest BCUT2D eigenvalue weighted by atomic mass is 10.1. The van der Waals surface area contributed by atoms with Gasteiger partial charge in [-0.3, -0.25) is 9.67 Å². The highest BCUT2D eigenvalue weighted by atomic mass is 35.5. The first kappa shape index (κ1) is 14.0. The molecule has 106 valence electrons. The fourth-order valence-corrected chi connectivity index (χ4v) is 2.76. The van der Waals surface area contributed by atoms with Gasteiger partial charge in [-0.2, -0.15) is 5.10 Å². The third-order valence-electron chi connectivity index (χ3n) is 3.48. The molecule has 0 aliphatic carbocycles. The lowest BCUT2D eigenvalue weighted by Crippen LogP contribution is -2.08. The van der Waals surface area contributed by atoms with Crippen LogP contribution in [0.25, 0.3) is 11.4 Å². The third kappa shape index (κ3) is 2.77. The van der Waals surface area contributed by atoms with E-state index < -0.39 is 0 Å². The first-order chi connectivity index (χ1) is 10.2. The molecule has 1 aromatic heterocycles. The Morgan fingerprint density at radius 1 is 1.10 bits per heavy atom. The molecule has 1 unspecified atom stereocenters. The zero-order valence-electron chi connectivity index (χ0n) is 11.5. The molecule has 1 heterocycles. The summed E-state index contributed by atoms with van der Waals surface area (Å²) in [6.45, 7) is 2.10. The normalized spacial score (nSPS) is 12.3. The van der Waals surface area contributed by atoms with Crippen molar-refractivity contribution in [1.29, 1.82) is 0 Å². The van der Waals surface area contributed by atoms with Crippen LogP contribution in [0.1, 0.15) is 18.5 Å². The number of halogens is 1. The number of aromatic nitrogens is 3. The topological polar surface area (TPSA) is 33.6 Å². The summed E-state index contributed by atoms with van der Waals surface area (Å²) in [5.74, 6) is 0.836. The van der Waals surface area contributed by atoms with Gasteiger partial charge in [0.1, 0.15) is 0 Å². The van der Waals surface area contributed by atoms with Crippen LogP contribution in [0, 0.1) is 4.77 Å². The highest BCUT2D eigenvalue weighted by molar-refractivity contribution is 7.71. The molecule has 0 radical (unpaired) electrons. The second kappa shape index (κ2) is 5.84. The van der Waals surface area contributed by atoms with Gasteiger partial charge >= 0.3 is 0 Å². The number of aromatic amines is 1. The smallest absolute Gasteiger partial charge is 0.196 e. The van der Waals surface area contributed by atoms with E-state index in [2.05, 4.69) is 17.1 Å². The Labute approximate surface area is 133 Å². The van der Waals surface area contributed by atoms with Crippen molar-refractivity contribution in [2.45, 2.75) is 13.0 Å². The van der Waals surface area contributed by atoms with E-state index in [0.29, 0.717) is 4.77 Å². The summed E-state index contributed by atoms with van der Waals surface area (Å²) in [5, 5.41) is 7.98. The van der Waals surface area contributed by atoms with Gasteiger partial charge in [-0.25, -0.2) is 0 Å². The Kier molecular flexibility index (Phi) is 3.90. The molecular weight excluding hydrogens is 302 g/mol. The molecule has 0 spiro atoms. The van der Waals surface area contributed by atoms with Gasteiger partial charge in [-0.15, -0.1) is 0 Å². The number of nitrogens with zero attached hydrogens (tertiary/aromatic N) is 2. The second-order valence-electron chi connectivity index (χ2n) is 4.82. The van der Waals surface area contributed by atoms with Crippen molar-refractivity contribution in [2.24, 2.45) is 0 Å². The molecule has 3 rings (SSSR count). The van der Waals surface area contributed by atoms with Crippen molar-refractivity contribution in [3.05, 3.63) is 70.0 Å². The van der Waals surface area contributed by atoms with E-state index in [-0.39, 0.29) is 6.04 Å². The molecule has 0 fully saturated rings. The van der Waals surface area contributed by atoms with Gasteiger partial charge in [0.25, 0.3) is 0 Å². The maximum Gasteiger partial charge on any atom is 0.196 e. The van der Waals surface area contributed by atoms with Gasteiger partial charge in [0.15, 0.2) is 10.6 Å². The van der Waals surface area contributed by atoms with E-state index in [1.165, 1.54) is 0 Å². The predicted molar refractivity (Wildman–Crippen MR) is 88.1 cm³/mol. The van der Waals surface area contributed by atoms with Crippen molar-refractivity contribution < 1.29 is 0 Å². The predicted octanol–water partition coefficient (Wildman–Crippen LogP) is 4.87. The summed E-state index contributed by atoms with van der Waals surface area (Å²) in [7, 11) is 0. The van der Waals surface area contributed by atoms with Crippen LogP contribution in [-0.2, 0) is 0 Å². The van der Waals surface area contributed by atoms with E-state index in [0.717, 1.165) is 22.0 Å². The standard InChI is InChI=1S/C16H14ClN3S/c1-11(12-7-9-14(17)10-8-12)20-15(18-19-16(20)21)13-5-3-2-4-6-13/h2-11H,1H3,(H,19,21). The van der Waals surface area contributed by atoms with Crippen LogP contribution < -0.4 is 0 Å². The lowest BCUT2D eigenvalue weighted by Gasteiger charge is -2.16. The Bertz CT molecular complexity index is 790. The Hall–Kier alpha value is -1.91. The van der Waals surface area contributed by atoms with Gasteiger partial charge in [-0.05, 0) is 36.8 Å². The molecule has 1 N–H and O–H groups in total. The number of hydrogen-bond donors (Lipinski definition) is 1. The molecule has 0 saturated heterocycles. The summed E-state index contributed by atoms with van der Waals surface area (Å²) in [6, 6.07) is 17.9. The van der Waals surface area contributed by atoms with E-state index in [1.54, 1.807) is 0 Å². The first-order valence-electron chi connectivity index (χ1n) is 6.64. The molecule has 1 atom stereocenters. The number of nitrogens with one attached hydrogen (secondary N) is 1. The lowest BCUT2D eigenvalue weighted by molar-refractivity contribution is 0.635. The van der Waals surface area contributed by atoms with Crippen LogP contribution in [0.4, 0.5) is 0 Å². The maximum absolute atomic E-state index is 5.95. The monoisotopic (exact) mass is 315 g/mol. The molecule has 3 nitrogen and oxygen atoms in total. The van der Waals surface area contributed by atoms with E-state index in [1.807, 2.05) is 59.2 Å². The molecule has 0 amide bonds. The summed E-state index contributed by atoms with van der Waals surface area (Å²) in [4.78, 5) is 0. The molecule has 0 saturated carbocycles. The first-order valence-corrected chi connectivity index (χ1v) is 7.43. The zero-order valence-corrected chi connectivity index (χ0v) is 13.0. The molecule has 0 bridgehead atoms. The number of H-pyrrole nitrogens is 1. The number of benzene rings is 2. The van der Waals surface area contributed by atoms with Crippen molar-refractivity contribution in [2.75, 3.05) is 0 Å². The van der Waals surface area contributed by atoms with Gasteiger partial charge in [0, 0.05) is 10.6 Å². The minimum Gasteiger partial charge on any atom is -0.293 e. The minimum atomic E-state index is 0.0729. The summed E-state index contributed by atoms with van der Waals surface area (Å²) in [6.07, 6.45) is 0. The number of rotatable bonds is 3. The van der Waals surface area contributed by atoms with Gasteiger partial charge in [0.05, 0.1) is 6.04 Å². The van der Waals surface area contributed by atoms with Crippen molar-refractivity contribution in [3.63, 3.8) is 0 Å². The van der Waals surface area contributed by atoms with Crippen LogP contribution in [0.15, 0.2) is 54.6 Å². The van der Waals surface area contributed by atoms with Crippen LogP contribution >= 0.6 is 23.8 Å². The average molecular weight is 316 g/mol. The largest absolute Gasteiger partial charge is 0.293 e. The second-order valence-corrected chi connectivity index (χ2v) is 5.64. The van der Waals surface area contributed by atoms with Gasteiger partial charge < -0.3 is 0 Å². The minimum absolute atomic E-state index is 0.0729. The Balaban J connectivity index is 2.08. The summed E-state index contributed by atoms with van der Waals surface area (Å²) >= 11 is 11.3. The molecule has 2 aromatic carbocycles. The molecule has 5 heteroatoms. The van der Waals surface area contributed by atoms with E-state index in [9.17, 15) is 0 Å². The van der Waals surface area contributed by atoms with Gasteiger partial charge in [-0.1, -0.05) is 54.1 Å². The van der Waals surface area contributed by atoms with Crippen LogP contribution in [-0.4, -0.2) is 14.8 Å². The van der Waals surface area contributed by atoms with Gasteiger partial charge in [0.2, 0.25) is 0 Å². The highest BCUT2D eigenvalue weighted by Crippen LogP contribution is 2.26. The summed E-state index contributed by atoms with van der Waals surface area (Å²) < 4.78 is 2.63. The molecule has 0 aliphatic heterocycles. The van der Waals surface area contributed by atoms with Crippen LogP contribution in [0.5, 0.6) is 0 Å². The third-order valence-corrected chi connectivity index (χ3v) is 4.02. The SMILES string of the molecule is CC(c1ccc(Cl)cc1)n1c(-c2ccccc2)n[nH]c1=S. The van der Waals surface area contributed by atoms with Crippen molar-refractivity contribution in [3.8, 4) is 11.4 Å². The highest BCUT2D eigenvalue weighted by Gasteiger charge is 2.15. The zero-order chi connectivity index (χ0) is 14.8. The van der Waals surface area contributed by atoms with Crippen LogP contribution in [0.2, 0.25) is 5.02 Å². The molecule has 0 aliphatic rings. The number of hydrogen-bond acceptors (Lipinski definition) is 2. The quantitative estimate of drug-likeness (QED) is 0.699. The van der Waals surface area contributed by atoms with Crippen molar-refractivity contribution in [1.82, 2.24) is 14.8 Å². The Morgan fingerprint density at radius 2 is 1.76 bits per heavy atom. The molecule has 21 heavy (non-hydrogen) atoms. The molecule has 3 aromatic rings. The van der Waals surface area contributed by atoms with E-state index in [4.69, 9.17) is 23.8 Å². The van der Waals surface area contributed by atoms with Crippen molar-refractivity contribution >= 4 is 23.8 Å². The van der Waals surface area contributed by atoms with E-state index >= 15 is 0 Å². The molecular formula is C16H14ClN3S.